The van der Waals surface area contributed by atoms with Crippen LogP contribution in [0.25, 0.3) is 22.0 Å². The van der Waals surface area contributed by atoms with Gasteiger partial charge in [-0.25, -0.2) is 4.79 Å². The van der Waals surface area contributed by atoms with Crippen LogP contribution in [0.15, 0.2) is 24.7 Å². The van der Waals surface area contributed by atoms with E-state index in [9.17, 15) is 4.79 Å². The third-order valence-electron chi connectivity index (χ3n) is 3.35. The first-order valence-electron chi connectivity index (χ1n) is 7.20. The summed E-state index contributed by atoms with van der Waals surface area (Å²) in [5, 5.41) is 5.56. The number of hydrogen-bond donors (Lipinski definition) is 2. The van der Waals surface area contributed by atoms with Crippen LogP contribution >= 0.6 is 23.2 Å². The first-order chi connectivity index (χ1) is 11.2. The minimum absolute atomic E-state index is 0.375. The second kappa shape index (κ2) is 5.72. The van der Waals surface area contributed by atoms with E-state index in [0.717, 1.165) is 15.6 Å². The minimum Gasteiger partial charge on any atom is -0.442 e. The predicted molar refractivity (Wildman–Crippen MR) is 95.6 cm³/mol. The molecule has 126 valence electrons. The molecular weight excluding hydrogens is 351 g/mol. The lowest BCUT2D eigenvalue weighted by Gasteiger charge is -2.18. The third kappa shape index (κ3) is 2.95. The molecule has 8 heteroatoms. The largest absolute Gasteiger partial charge is 0.442 e. The summed E-state index contributed by atoms with van der Waals surface area (Å²) in [5.41, 5.74) is 8.08. The zero-order chi connectivity index (χ0) is 17.6. The summed E-state index contributed by atoms with van der Waals surface area (Å²) in [6.45, 7) is 5.38. The van der Waals surface area contributed by atoms with Crippen molar-refractivity contribution >= 4 is 45.9 Å². The van der Waals surface area contributed by atoms with E-state index in [1.807, 2.05) is 0 Å². The maximum Gasteiger partial charge on any atom is 0.435 e. The fraction of sp³-hybridized carbons (Fsp3) is 0.250. The summed E-state index contributed by atoms with van der Waals surface area (Å²) in [6.07, 6.45) is 4.34. The van der Waals surface area contributed by atoms with E-state index in [2.05, 4.69) is 10.1 Å². The Kier molecular flexibility index (Phi) is 3.97. The molecule has 0 saturated heterocycles. The number of nitrogens with two attached hydrogens (primary N) is 1. The molecule has 0 unspecified atom stereocenters. The molecule has 0 spiro atoms. The molecule has 0 saturated carbocycles. The highest BCUT2D eigenvalue weighted by atomic mass is 35.5. The normalized spacial score (nSPS) is 11.9. The van der Waals surface area contributed by atoms with Crippen molar-refractivity contribution < 1.29 is 9.53 Å². The number of nitrogen functional groups attached to an aromatic ring is 1. The van der Waals surface area contributed by atoms with Gasteiger partial charge in [-0.3, -0.25) is 0 Å². The van der Waals surface area contributed by atoms with E-state index in [-0.39, 0.29) is 0 Å². The van der Waals surface area contributed by atoms with Crippen molar-refractivity contribution in [3.05, 3.63) is 34.7 Å². The number of ether oxygens (including phenoxy) is 1. The maximum absolute atomic E-state index is 12.1. The molecule has 0 aliphatic rings. The number of benzene rings is 1. The highest BCUT2D eigenvalue weighted by molar-refractivity contribution is 6.45. The number of aromatic amines is 1. The van der Waals surface area contributed by atoms with Crippen LogP contribution in [0.3, 0.4) is 0 Å². The van der Waals surface area contributed by atoms with Crippen molar-refractivity contribution in [1.29, 1.82) is 0 Å². The average Bonchev–Trinajstić information content (AvgIpc) is 3.09. The highest BCUT2D eigenvalue weighted by Crippen LogP contribution is 2.39. The Hall–Kier alpha value is -2.18. The lowest BCUT2D eigenvalue weighted by Crippen LogP contribution is -2.27. The van der Waals surface area contributed by atoms with Gasteiger partial charge in [-0.1, -0.05) is 23.2 Å². The van der Waals surface area contributed by atoms with Crippen LogP contribution in [-0.2, 0) is 4.74 Å². The quantitative estimate of drug-likeness (QED) is 0.610. The van der Waals surface area contributed by atoms with E-state index in [1.165, 1.54) is 0 Å². The molecule has 24 heavy (non-hydrogen) atoms. The predicted octanol–water partition coefficient (Wildman–Crippen LogP) is 4.70. The Balaban J connectivity index is 2.04. The number of nitrogens with zero attached hydrogens (tertiary/aromatic N) is 2. The Labute approximate surface area is 148 Å². The van der Waals surface area contributed by atoms with Crippen LogP contribution in [0.1, 0.15) is 20.8 Å². The number of rotatable bonds is 1. The number of anilines is 1. The number of carbonyl (C=O) groups excluding carboxylic acids is 1. The van der Waals surface area contributed by atoms with Gasteiger partial charge in [0.05, 0.1) is 21.8 Å². The smallest absolute Gasteiger partial charge is 0.435 e. The maximum atomic E-state index is 12.1. The molecule has 0 aliphatic heterocycles. The molecule has 0 bridgehead atoms. The molecule has 2 heterocycles. The van der Waals surface area contributed by atoms with Crippen molar-refractivity contribution in [2.24, 2.45) is 0 Å². The SMILES string of the molecule is CC(C)(C)OC(=O)n1cc(-c2c[nH]c3c(Cl)c(Cl)cc(N)c23)cn1. The second-order valence-corrected chi connectivity index (χ2v) is 7.15. The molecule has 0 radical (unpaired) electrons. The second-order valence-electron chi connectivity index (χ2n) is 6.37. The first kappa shape index (κ1) is 16.7. The van der Waals surface area contributed by atoms with Crippen LogP contribution in [0.5, 0.6) is 0 Å². The van der Waals surface area contributed by atoms with Crippen LogP contribution in [0.4, 0.5) is 10.5 Å². The summed E-state index contributed by atoms with van der Waals surface area (Å²) < 4.78 is 6.44. The van der Waals surface area contributed by atoms with Crippen molar-refractivity contribution in [2.75, 3.05) is 5.73 Å². The molecule has 0 atom stereocenters. The summed E-state index contributed by atoms with van der Waals surface area (Å²) in [6, 6.07) is 1.60. The minimum atomic E-state index is -0.599. The van der Waals surface area contributed by atoms with Gasteiger partial charge in [0.1, 0.15) is 5.60 Å². The van der Waals surface area contributed by atoms with Crippen molar-refractivity contribution in [3.63, 3.8) is 0 Å². The molecule has 3 N–H and O–H groups in total. The number of halogens is 2. The first-order valence-corrected chi connectivity index (χ1v) is 7.96. The van der Waals surface area contributed by atoms with Gasteiger partial charge >= 0.3 is 6.09 Å². The fourth-order valence-corrected chi connectivity index (χ4v) is 2.80. The summed E-state index contributed by atoms with van der Waals surface area (Å²) in [4.78, 5) is 15.1. The standard InChI is InChI=1S/C16H16Cl2N4O2/c1-16(2,3)24-15(23)22-7-8(5-21-22)9-6-20-14-12(9)11(19)4-10(17)13(14)18/h4-7,20H,19H2,1-3H3. The van der Waals surface area contributed by atoms with E-state index >= 15 is 0 Å². The lowest BCUT2D eigenvalue weighted by atomic mass is 10.1. The fourth-order valence-electron chi connectivity index (χ4n) is 2.39. The number of hydrogen-bond acceptors (Lipinski definition) is 4. The molecule has 2 aromatic heterocycles. The van der Waals surface area contributed by atoms with Crippen molar-refractivity contribution in [3.8, 4) is 11.1 Å². The van der Waals surface area contributed by atoms with Gasteiger partial charge in [-0.2, -0.15) is 9.78 Å². The summed E-state index contributed by atoms with van der Waals surface area (Å²) in [5.74, 6) is 0. The molecule has 0 aliphatic carbocycles. The Morgan fingerprint density at radius 3 is 2.75 bits per heavy atom. The monoisotopic (exact) mass is 366 g/mol. The van der Waals surface area contributed by atoms with Gasteiger partial charge < -0.3 is 15.5 Å². The number of aromatic nitrogens is 3. The van der Waals surface area contributed by atoms with Gasteiger partial charge in [0, 0.05) is 34.6 Å². The summed E-state index contributed by atoms with van der Waals surface area (Å²) >= 11 is 12.3. The zero-order valence-corrected chi connectivity index (χ0v) is 14.9. The van der Waals surface area contributed by atoms with Crippen molar-refractivity contribution in [2.45, 2.75) is 26.4 Å². The summed E-state index contributed by atoms with van der Waals surface area (Å²) in [7, 11) is 0. The average molecular weight is 367 g/mol. The molecule has 0 fully saturated rings. The van der Waals surface area contributed by atoms with Gasteiger partial charge in [-0.05, 0) is 26.8 Å². The Morgan fingerprint density at radius 2 is 2.08 bits per heavy atom. The number of nitrogens with one attached hydrogen (secondary N) is 1. The van der Waals surface area contributed by atoms with E-state index in [1.54, 1.807) is 45.4 Å². The topological polar surface area (TPSA) is 85.9 Å². The van der Waals surface area contributed by atoms with E-state index < -0.39 is 11.7 Å². The lowest BCUT2D eigenvalue weighted by molar-refractivity contribution is 0.0514. The van der Waals surface area contributed by atoms with E-state index in [4.69, 9.17) is 33.7 Å². The molecule has 0 amide bonds. The molecule has 3 rings (SSSR count). The number of H-pyrrole nitrogens is 1. The Morgan fingerprint density at radius 1 is 1.38 bits per heavy atom. The van der Waals surface area contributed by atoms with Crippen LogP contribution in [0.2, 0.25) is 10.0 Å². The number of carbonyl (C=O) groups is 1. The molecule has 6 nitrogen and oxygen atoms in total. The number of fused-ring (bicyclic) bond motifs is 1. The van der Waals surface area contributed by atoms with Gasteiger partial charge in [-0.15, -0.1) is 0 Å². The molecule has 1 aromatic carbocycles. The third-order valence-corrected chi connectivity index (χ3v) is 4.14. The Bertz CT molecular complexity index is 938. The molecular formula is C16H16Cl2N4O2. The highest BCUT2D eigenvalue weighted by Gasteiger charge is 2.20. The van der Waals surface area contributed by atoms with E-state index in [0.29, 0.717) is 26.8 Å². The van der Waals surface area contributed by atoms with Gasteiger partial charge in [0.25, 0.3) is 0 Å². The van der Waals surface area contributed by atoms with Gasteiger partial charge in [0.15, 0.2) is 0 Å². The molecule has 3 aromatic rings. The van der Waals surface area contributed by atoms with Crippen molar-refractivity contribution in [1.82, 2.24) is 14.8 Å². The van der Waals surface area contributed by atoms with Gasteiger partial charge in [0.2, 0.25) is 0 Å². The van der Waals surface area contributed by atoms with Crippen LogP contribution in [0, 0.1) is 0 Å². The zero-order valence-electron chi connectivity index (χ0n) is 13.4. The van der Waals surface area contributed by atoms with Crippen LogP contribution in [-0.4, -0.2) is 26.5 Å². The van der Waals surface area contributed by atoms with Crippen LogP contribution < -0.4 is 5.73 Å².